The monoisotopic (exact) mass is 135 g/mol. The van der Waals surface area contributed by atoms with Crippen LogP contribution in [-0.4, -0.2) is 18.4 Å². The van der Waals surface area contributed by atoms with Crippen LogP contribution in [0.2, 0.25) is 0 Å². The van der Waals surface area contributed by atoms with Crippen LogP contribution in [-0.2, 0) is 0 Å². The van der Waals surface area contributed by atoms with Crippen molar-refractivity contribution in [3.63, 3.8) is 0 Å². The summed E-state index contributed by atoms with van der Waals surface area (Å²) < 4.78 is 24.8. The average Bonchev–Trinajstić information content (AvgIpc) is 1.83. The molecule has 2 N–H and O–H groups in total. The van der Waals surface area contributed by atoms with Crippen LogP contribution in [0, 0.1) is 0 Å². The lowest BCUT2D eigenvalue weighted by atomic mass is 9.93. The van der Waals surface area contributed by atoms with E-state index in [1.807, 2.05) is 0 Å². The molecule has 0 bridgehead atoms. The van der Waals surface area contributed by atoms with E-state index >= 15 is 0 Å². The molecule has 0 aromatic carbocycles. The molecule has 3 heteroatoms. The van der Waals surface area contributed by atoms with E-state index in [1.54, 1.807) is 0 Å². The van der Waals surface area contributed by atoms with Crippen molar-refractivity contribution >= 4 is 0 Å². The fourth-order valence-corrected chi connectivity index (χ4v) is 1.14. The van der Waals surface area contributed by atoms with Crippen LogP contribution in [0.4, 0.5) is 8.78 Å². The lowest BCUT2D eigenvalue weighted by Crippen LogP contribution is -2.41. The number of rotatable bonds is 0. The van der Waals surface area contributed by atoms with Gasteiger partial charge in [-0.15, -0.1) is 0 Å². The third kappa shape index (κ3) is 1.39. The molecule has 1 nitrogen and oxygen atoms in total. The summed E-state index contributed by atoms with van der Waals surface area (Å²) >= 11 is 0. The van der Waals surface area contributed by atoms with Gasteiger partial charge in [-0.05, 0) is 19.3 Å². The molecule has 1 fully saturated rings. The van der Waals surface area contributed by atoms with Crippen LogP contribution >= 0.6 is 0 Å². The average molecular weight is 135 g/mol. The second kappa shape index (κ2) is 2.60. The van der Waals surface area contributed by atoms with Crippen LogP contribution in [0.5, 0.6) is 0 Å². The lowest BCUT2D eigenvalue weighted by molar-refractivity contribution is 0.101. The Labute approximate surface area is 53.2 Å². The van der Waals surface area contributed by atoms with Crippen molar-refractivity contribution in [1.29, 1.82) is 0 Å². The minimum absolute atomic E-state index is 0.342. The minimum Gasteiger partial charge on any atom is -0.325 e. The van der Waals surface area contributed by atoms with Crippen molar-refractivity contribution in [3.8, 4) is 0 Å². The molecular formula is C6H11F2N. The Morgan fingerprint density at radius 2 is 1.89 bits per heavy atom. The van der Waals surface area contributed by atoms with Gasteiger partial charge in [0.25, 0.3) is 0 Å². The molecule has 54 valence electrons. The van der Waals surface area contributed by atoms with Gasteiger partial charge in [0.2, 0.25) is 0 Å². The normalized spacial score (nSPS) is 45.0. The van der Waals surface area contributed by atoms with Crippen molar-refractivity contribution in [2.24, 2.45) is 5.73 Å². The molecule has 1 saturated carbocycles. The van der Waals surface area contributed by atoms with Gasteiger partial charge >= 0.3 is 0 Å². The first-order valence-electron chi connectivity index (χ1n) is 3.25. The topological polar surface area (TPSA) is 26.0 Å². The molecule has 0 aromatic heterocycles. The van der Waals surface area contributed by atoms with Gasteiger partial charge in [-0.3, -0.25) is 0 Å². The van der Waals surface area contributed by atoms with Crippen molar-refractivity contribution in [3.05, 3.63) is 0 Å². The van der Waals surface area contributed by atoms with Crippen LogP contribution in [0.25, 0.3) is 0 Å². The predicted molar refractivity (Wildman–Crippen MR) is 31.6 cm³/mol. The predicted octanol–water partition coefficient (Wildman–Crippen LogP) is 1.17. The number of nitrogens with two attached hydrogens (primary N) is 1. The third-order valence-corrected chi connectivity index (χ3v) is 1.77. The Hall–Kier alpha value is -0.180. The highest BCUT2D eigenvalue weighted by Gasteiger charge is 2.30. The first kappa shape index (κ1) is 6.93. The van der Waals surface area contributed by atoms with E-state index in [0.29, 0.717) is 12.8 Å². The summed E-state index contributed by atoms with van der Waals surface area (Å²) in [7, 11) is 0. The van der Waals surface area contributed by atoms with E-state index in [0.717, 1.165) is 6.42 Å². The van der Waals surface area contributed by atoms with Gasteiger partial charge in [0, 0.05) is 6.04 Å². The van der Waals surface area contributed by atoms with Crippen molar-refractivity contribution < 1.29 is 8.78 Å². The third-order valence-electron chi connectivity index (χ3n) is 1.77. The highest BCUT2D eigenvalue weighted by atomic mass is 19.2. The van der Waals surface area contributed by atoms with Gasteiger partial charge in [0.05, 0.1) is 0 Å². The molecule has 0 heterocycles. The van der Waals surface area contributed by atoms with E-state index in [4.69, 9.17) is 5.73 Å². The second-order valence-electron chi connectivity index (χ2n) is 2.56. The Morgan fingerprint density at radius 1 is 1.22 bits per heavy atom. The maximum absolute atomic E-state index is 12.5. The zero-order valence-corrected chi connectivity index (χ0v) is 5.19. The molecule has 0 radical (unpaired) electrons. The number of halogens is 2. The Morgan fingerprint density at radius 3 is 2.33 bits per heavy atom. The Kier molecular flexibility index (Phi) is 2.01. The number of alkyl halides is 2. The maximum Gasteiger partial charge on any atom is 0.146 e. The minimum atomic E-state index is -1.42. The molecule has 0 spiro atoms. The quantitative estimate of drug-likeness (QED) is 0.530. The fraction of sp³-hybridized carbons (Fsp3) is 1.00. The van der Waals surface area contributed by atoms with Gasteiger partial charge < -0.3 is 5.73 Å². The molecular weight excluding hydrogens is 124 g/mol. The fourth-order valence-electron chi connectivity index (χ4n) is 1.14. The SMILES string of the molecule is NC1CCCC(F)C1F. The summed E-state index contributed by atoms with van der Waals surface area (Å²) in [5.41, 5.74) is 5.25. The molecule has 0 aliphatic heterocycles. The smallest absolute Gasteiger partial charge is 0.146 e. The molecule has 0 saturated heterocycles. The lowest BCUT2D eigenvalue weighted by Gasteiger charge is -2.25. The van der Waals surface area contributed by atoms with Crippen LogP contribution in [0.3, 0.4) is 0 Å². The van der Waals surface area contributed by atoms with Gasteiger partial charge in [-0.1, -0.05) is 0 Å². The van der Waals surface area contributed by atoms with Gasteiger partial charge in [-0.25, -0.2) is 8.78 Å². The van der Waals surface area contributed by atoms with Gasteiger partial charge in [0.15, 0.2) is 0 Å². The van der Waals surface area contributed by atoms with Crippen molar-refractivity contribution in [2.45, 2.75) is 37.6 Å². The number of hydrogen-bond acceptors (Lipinski definition) is 1. The van der Waals surface area contributed by atoms with E-state index in [1.165, 1.54) is 0 Å². The number of hydrogen-bond donors (Lipinski definition) is 1. The van der Waals surface area contributed by atoms with Crippen molar-refractivity contribution in [1.82, 2.24) is 0 Å². The first-order valence-corrected chi connectivity index (χ1v) is 3.25. The Balaban J connectivity index is 2.41. The maximum atomic E-state index is 12.5. The summed E-state index contributed by atoms with van der Waals surface area (Å²) in [6.07, 6.45) is -1.04. The molecule has 0 amide bonds. The van der Waals surface area contributed by atoms with Gasteiger partial charge in [-0.2, -0.15) is 0 Å². The van der Waals surface area contributed by atoms with Crippen LogP contribution in [0.15, 0.2) is 0 Å². The zero-order valence-electron chi connectivity index (χ0n) is 5.19. The first-order chi connectivity index (χ1) is 4.22. The van der Waals surface area contributed by atoms with Crippen LogP contribution < -0.4 is 5.73 Å². The Bertz CT molecular complexity index is 87.1. The molecule has 3 atom stereocenters. The molecule has 1 rings (SSSR count). The van der Waals surface area contributed by atoms with E-state index in [9.17, 15) is 8.78 Å². The van der Waals surface area contributed by atoms with Crippen LogP contribution in [0.1, 0.15) is 19.3 Å². The zero-order chi connectivity index (χ0) is 6.85. The highest BCUT2D eigenvalue weighted by molar-refractivity contribution is 4.84. The molecule has 3 unspecified atom stereocenters. The summed E-state index contributed by atoms with van der Waals surface area (Å²) in [5.74, 6) is 0. The summed E-state index contributed by atoms with van der Waals surface area (Å²) in [6.45, 7) is 0. The van der Waals surface area contributed by atoms with Gasteiger partial charge in [0.1, 0.15) is 12.3 Å². The summed E-state index contributed by atoms with van der Waals surface area (Å²) in [4.78, 5) is 0. The summed E-state index contributed by atoms with van der Waals surface area (Å²) in [5, 5.41) is 0. The summed E-state index contributed by atoms with van der Waals surface area (Å²) in [6, 6.07) is -0.561. The van der Waals surface area contributed by atoms with E-state index in [2.05, 4.69) is 0 Å². The van der Waals surface area contributed by atoms with E-state index < -0.39 is 18.4 Å². The molecule has 0 aromatic rings. The largest absolute Gasteiger partial charge is 0.325 e. The molecule has 1 aliphatic carbocycles. The van der Waals surface area contributed by atoms with E-state index in [-0.39, 0.29) is 0 Å². The van der Waals surface area contributed by atoms with Crippen molar-refractivity contribution in [2.75, 3.05) is 0 Å². The standard InChI is InChI=1S/C6H11F2N/c7-4-2-1-3-5(9)6(4)8/h4-6H,1-3,9H2. The molecule has 9 heavy (non-hydrogen) atoms. The second-order valence-corrected chi connectivity index (χ2v) is 2.56. The highest BCUT2D eigenvalue weighted by Crippen LogP contribution is 2.22. The molecule has 1 aliphatic rings.